The molecular weight excluding hydrogens is 463 g/mol. The van der Waals surface area contributed by atoms with Crippen molar-refractivity contribution >= 4 is 29.1 Å². The molecule has 190 valence electrons. The molecular formula is C26H31FN6O3. The van der Waals surface area contributed by atoms with Gasteiger partial charge in [0.05, 0.1) is 5.69 Å². The maximum atomic E-state index is 15.0. The first-order valence-corrected chi connectivity index (χ1v) is 12.4. The number of anilines is 1. The van der Waals surface area contributed by atoms with Crippen LogP contribution in [0.3, 0.4) is 0 Å². The van der Waals surface area contributed by atoms with E-state index < -0.39 is 17.6 Å². The van der Waals surface area contributed by atoms with Crippen molar-refractivity contribution in [1.29, 1.82) is 0 Å². The third kappa shape index (κ3) is 5.53. The standard InChI is InChI=1S/C26H31FN6O3/c1-3-18-14-22(26(36)32-12-6-4-5-7-16(32)2)30-24-15-21(31-33(18)24)19-9-8-17(13-20(19)27)29-25(35)11-10-23(28)34/h8-9,13-16H,3-7,10-12H2,1-2H3,(H2,28,34)(H,29,35). The summed E-state index contributed by atoms with van der Waals surface area (Å²) in [6, 6.07) is 7.88. The van der Waals surface area contributed by atoms with Gasteiger partial charge in [0.25, 0.3) is 5.91 Å². The van der Waals surface area contributed by atoms with Crippen molar-refractivity contribution in [2.24, 2.45) is 5.73 Å². The summed E-state index contributed by atoms with van der Waals surface area (Å²) in [5, 5.41) is 7.10. The summed E-state index contributed by atoms with van der Waals surface area (Å²) in [6.45, 7) is 4.76. The van der Waals surface area contributed by atoms with Crippen LogP contribution in [0, 0.1) is 5.82 Å². The number of rotatable bonds is 7. The van der Waals surface area contributed by atoms with Crippen molar-refractivity contribution in [3.63, 3.8) is 0 Å². The lowest BCUT2D eigenvalue weighted by Crippen LogP contribution is -2.38. The lowest BCUT2D eigenvalue weighted by atomic mass is 10.1. The number of hydrogen-bond acceptors (Lipinski definition) is 5. The number of aryl methyl sites for hydroxylation is 1. The van der Waals surface area contributed by atoms with Crippen LogP contribution in [0.1, 0.15) is 68.6 Å². The Balaban J connectivity index is 1.61. The normalized spacial score (nSPS) is 16.1. The Morgan fingerprint density at radius 2 is 1.94 bits per heavy atom. The molecule has 4 rings (SSSR count). The number of carbonyl (C=O) groups excluding carboxylic acids is 3. The highest BCUT2D eigenvalue weighted by Gasteiger charge is 2.25. The Morgan fingerprint density at radius 1 is 1.14 bits per heavy atom. The molecule has 2 aromatic heterocycles. The highest BCUT2D eigenvalue weighted by molar-refractivity contribution is 5.94. The number of amides is 3. The zero-order chi connectivity index (χ0) is 25.8. The second-order valence-corrected chi connectivity index (χ2v) is 9.19. The molecule has 1 fully saturated rings. The van der Waals surface area contributed by atoms with Crippen LogP contribution in [0.2, 0.25) is 0 Å². The van der Waals surface area contributed by atoms with Gasteiger partial charge in [-0.3, -0.25) is 14.4 Å². The minimum Gasteiger partial charge on any atom is -0.370 e. The van der Waals surface area contributed by atoms with Gasteiger partial charge < -0.3 is 16.0 Å². The summed E-state index contributed by atoms with van der Waals surface area (Å²) in [7, 11) is 0. The van der Waals surface area contributed by atoms with Crippen LogP contribution in [0.25, 0.3) is 16.9 Å². The molecule has 0 aliphatic carbocycles. The molecule has 1 aliphatic heterocycles. The van der Waals surface area contributed by atoms with Gasteiger partial charge in [-0.1, -0.05) is 19.8 Å². The second kappa shape index (κ2) is 10.8. The van der Waals surface area contributed by atoms with Gasteiger partial charge in [0.1, 0.15) is 11.5 Å². The summed E-state index contributed by atoms with van der Waals surface area (Å²) < 4.78 is 16.6. The van der Waals surface area contributed by atoms with Crippen molar-refractivity contribution < 1.29 is 18.8 Å². The predicted octanol–water partition coefficient (Wildman–Crippen LogP) is 3.71. The van der Waals surface area contributed by atoms with Crippen molar-refractivity contribution in [3.8, 4) is 11.3 Å². The van der Waals surface area contributed by atoms with Gasteiger partial charge >= 0.3 is 0 Å². The van der Waals surface area contributed by atoms with E-state index in [2.05, 4.69) is 22.3 Å². The molecule has 3 heterocycles. The van der Waals surface area contributed by atoms with Gasteiger partial charge in [-0.05, 0) is 50.5 Å². The first kappa shape index (κ1) is 25.3. The molecule has 1 unspecified atom stereocenters. The fourth-order valence-electron chi connectivity index (χ4n) is 4.51. The number of nitrogens with zero attached hydrogens (tertiary/aromatic N) is 4. The lowest BCUT2D eigenvalue weighted by molar-refractivity contribution is -0.122. The number of primary amides is 1. The van der Waals surface area contributed by atoms with E-state index in [-0.39, 0.29) is 36.0 Å². The van der Waals surface area contributed by atoms with Gasteiger partial charge in [0.2, 0.25) is 11.8 Å². The third-order valence-electron chi connectivity index (χ3n) is 6.52. The molecule has 0 bridgehead atoms. The van der Waals surface area contributed by atoms with Crippen molar-refractivity contribution in [1.82, 2.24) is 19.5 Å². The molecule has 0 spiro atoms. The number of hydrogen-bond donors (Lipinski definition) is 2. The topological polar surface area (TPSA) is 123 Å². The van der Waals surface area contributed by atoms with Crippen LogP contribution in [-0.4, -0.2) is 49.8 Å². The molecule has 0 radical (unpaired) electrons. The smallest absolute Gasteiger partial charge is 0.272 e. The van der Waals surface area contributed by atoms with Crippen LogP contribution in [0.4, 0.5) is 10.1 Å². The molecule has 0 saturated carbocycles. The van der Waals surface area contributed by atoms with E-state index in [0.29, 0.717) is 23.5 Å². The van der Waals surface area contributed by atoms with E-state index in [4.69, 9.17) is 5.73 Å². The van der Waals surface area contributed by atoms with Crippen LogP contribution < -0.4 is 11.1 Å². The third-order valence-corrected chi connectivity index (χ3v) is 6.52. The maximum absolute atomic E-state index is 15.0. The maximum Gasteiger partial charge on any atom is 0.272 e. The summed E-state index contributed by atoms with van der Waals surface area (Å²) in [4.78, 5) is 42.6. The molecule has 10 heteroatoms. The van der Waals surface area contributed by atoms with E-state index in [1.54, 1.807) is 22.7 Å². The Labute approximate surface area is 208 Å². The van der Waals surface area contributed by atoms with Crippen molar-refractivity contribution in [2.45, 2.75) is 64.8 Å². The summed E-state index contributed by atoms with van der Waals surface area (Å²) in [5.41, 5.74) is 7.58. The van der Waals surface area contributed by atoms with Crippen LogP contribution in [0.5, 0.6) is 0 Å². The Hall–Kier alpha value is -3.82. The average molecular weight is 495 g/mol. The van der Waals surface area contributed by atoms with Gasteiger partial charge in [-0.25, -0.2) is 13.9 Å². The lowest BCUT2D eigenvalue weighted by Gasteiger charge is -2.27. The second-order valence-electron chi connectivity index (χ2n) is 9.19. The number of benzene rings is 1. The van der Waals surface area contributed by atoms with E-state index in [0.717, 1.165) is 37.9 Å². The van der Waals surface area contributed by atoms with Crippen LogP contribution >= 0.6 is 0 Å². The van der Waals surface area contributed by atoms with Gasteiger partial charge in [0.15, 0.2) is 5.65 Å². The Kier molecular flexibility index (Phi) is 7.61. The van der Waals surface area contributed by atoms with Crippen molar-refractivity contribution in [3.05, 3.63) is 47.5 Å². The zero-order valence-corrected chi connectivity index (χ0v) is 20.6. The fourth-order valence-corrected chi connectivity index (χ4v) is 4.51. The fraction of sp³-hybridized carbons (Fsp3) is 0.423. The minimum atomic E-state index is -0.579. The van der Waals surface area contributed by atoms with Gasteiger partial charge in [0, 0.05) is 48.4 Å². The average Bonchev–Trinajstić information content (AvgIpc) is 3.15. The van der Waals surface area contributed by atoms with Crippen LogP contribution in [0.15, 0.2) is 30.3 Å². The number of nitrogens with two attached hydrogens (primary N) is 1. The SMILES string of the molecule is CCc1cc(C(=O)N2CCCCCC2C)nc2cc(-c3ccc(NC(=O)CCC(N)=O)cc3F)nn12. The first-order chi connectivity index (χ1) is 17.3. The monoisotopic (exact) mass is 494 g/mol. The number of nitrogens with one attached hydrogen (secondary N) is 1. The van der Waals surface area contributed by atoms with E-state index in [1.807, 2.05) is 11.8 Å². The van der Waals surface area contributed by atoms with Gasteiger partial charge in [-0.2, -0.15) is 5.10 Å². The summed E-state index contributed by atoms with van der Waals surface area (Å²) >= 11 is 0. The Bertz CT molecular complexity index is 1300. The summed E-state index contributed by atoms with van der Waals surface area (Å²) in [5.74, 6) is -1.67. The van der Waals surface area contributed by atoms with E-state index in [1.165, 1.54) is 12.1 Å². The molecule has 3 amide bonds. The van der Waals surface area contributed by atoms with Crippen molar-refractivity contribution in [2.75, 3.05) is 11.9 Å². The highest BCUT2D eigenvalue weighted by atomic mass is 19.1. The quantitative estimate of drug-likeness (QED) is 0.518. The molecule has 36 heavy (non-hydrogen) atoms. The molecule has 1 aromatic carbocycles. The number of likely N-dealkylation sites (tertiary alicyclic amines) is 1. The minimum absolute atomic E-state index is 0.0755. The predicted molar refractivity (Wildman–Crippen MR) is 134 cm³/mol. The van der Waals surface area contributed by atoms with E-state index >= 15 is 0 Å². The zero-order valence-electron chi connectivity index (χ0n) is 20.6. The number of halogens is 1. The van der Waals surface area contributed by atoms with Crippen LogP contribution in [-0.2, 0) is 16.0 Å². The molecule has 1 aliphatic rings. The highest BCUT2D eigenvalue weighted by Crippen LogP contribution is 2.27. The summed E-state index contributed by atoms with van der Waals surface area (Å²) in [6.07, 6.45) is 4.66. The van der Waals surface area contributed by atoms with E-state index in [9.17, 15) is 18.8 Å². The first-order valence-electron chi connectivity index (χ1n) is 12.4. The number of aromatic nitrogens is 3. The number of carbonyl (C=O) groups is 3. The number of fused-ring (bicyclic) bond motifs is 1. The Morgan fingerprint density at radius 3 is 2.67 bits per heavy atom. The molecule has 3 N–H and O–H groups in total. The molecule has 3 aromatic rings. The molecule has 1 atom stereocenters. The van der Waals surface area contributed by atoms with Gasteiger partial charge in [-0.15, -0.1) is 0 Å². The largest absolute Gasteiger partial charge is 0.370 e. The molecule has 1 saturated heterocycles. The molecule has 9 nitrogen and oxygen atoms in total.